The molecule has 0 aliphatic rings. The molecule has 0 unspecified atom stereocenters. The van der Waals surface area contributed by atoms with Gasteiger partial charge in [0.2, 0.25) is 0 Å². The predicted molar refractivity (Wildman–Crippen MR) is 148 cm³/mol. The highest BCUT2D eigenvalue weighted by atomic mass is 16.6. The largest absolute Gasteiger partial charge is 0.504 e. The van der Waals surface area contributed by atoms with E-state index in [0.717, 1.165) is 0 Å². The molecule has 12 heteroatoms. The second-order valence-corrected chi connectivity index (χ2v) is 9.24. The van der Waals surface area contributed by atoms with Gasteiger partial charge in [0, 0.05) is 0 Å². The van der Waals surface area contributed by atoms with E-state index in [0.29, 0.717) is 0 Å². The molecular formula is C30H32O12. The van der Waals surface area contributed by atoms with Crippen molar-refractivity contribution < 1.29 is 58.1 Å². The Labute approximate surface area is 241 Å². The van der Waals surface area contributed by atoms with E-state index in [2.05, 4.69) is 0 Å². The molecule has 0 saturated carbocycles. The van der Waals surface area contributed by atoms with Crippen molar-refractivity contribution in [1.82, 2.24) is 0 Å². The SMILES string of the molecule is CCC(COC(=O)c1ccc(O)c(OC)c1)(COC(=O)c1ccc(O)c(OC)c1)COC(=O)c1ccc(O)c(OC)c1. The first-order valence-electron chi connectivity index (χ1n) is 12.7. The van der Waals surface area contributed by atoms with Gasteiger partial charge in [-0.1, -0.05) is 6.92 Å². The number of phenolic OH excluding ortho intramolecular Hbond substituents is 3. The minimum absolute atomic E-state index is 0.0720. The summed E-state index contributed by atoms with van der Waals surface area (Å²) in [5.74, 6) is -2.53. The highest BCUT2D eigenvalue weighted by molar-refractivity contribution is 5.91. The van der Waals surface area contributed by atoms with Crippen molar-refractivity contribution in [2.75, 3.05) is 41.2 Å². The fourth-order valence-corrected chi connectivity index (χ4v) is 3.75. The predicted octanol–water partition coefficient (Wildman–Crippen LogP) is 4.10. The summed E-state index contributed by atoms with van der Waals surface area (Å²) in [7, 11) is 4.01. The molecule has 0 aliphatic heterocycles. The molecule has 0 spiro atoms. The number of hydrogen-bond acceptors (Lipinski definition) is 12. The monoisotopic (exact) mass is 584 g/mol. The van der Waals surface area contributed by atoms with Crippen molar-refractivity contribution in [3.63, 3.8) is 0 Å². The first-order valence-corrected chi connectivity index (χ1v) is 12.7. The van der Waals surface area contributed by atoms with E-state index in [-0.39, 0.29) is 77.4 Å². The molecule has 3 rings (SSSR count). The lowest BCUT2D eigenvalue weighted by molar-refractivity contribution is -0.0381. The highest BCUT2D eigenvalue weighted by Crippen LogP contribution is 2.31. The van der Waals surface area contributed by atoms with Crippen LogP contribution in [0.1, 0.15) is 44.4 Å². The van der Waals surface area contributed by atoms with Crippen LogP contribution in [0.5, 0.6) is 34.5 Å². The number of esters is 3. The standard InChI is InChI=1S/C30H32O12/c1-5-30(15-40-27(34)18-6-9-21(31)24(12-18)37-2,16-41-28(35)19-7-10-22(32)25(13-19)38-3)17-42-29(36)20-8-11-23(33)26(14-20)39-4/h6-14,31-33H,5,15-17H2,1-4H3. The van der Waals surface area contributed by atoms with E-state index >= 15 is 0 Å². The third kappa shape index (κ3) is 7.53. The smallest absolute Gasteiger partial charge is 0.338 e. The summed E-state index contributed by atoms with van der Waals surface area (Å²) in [6.45, 7) is 0.796. The molecule has 0 bridgehead atoms. The summed E-state index contributed by atoms with van der Waals surface area (Å²) >= 11 is 0. The van der Waals surface area contributed by atoms with E-state index in [1.807, 2.05) is 0 Å². The molecule has 3 aromatic carbocycles. The summed E-state index contributed by atoms with van der Waals surface area (Å²) in [6.07, 6.45) is 0.248. The van der Waals surface area contributed by atoms with Gasteiger partial charge in [-0.3, -0.25) is 0 Å². The number of benzene rings is 3. The molecule has 0 amide bonds. The molecule has 3 aromatic rings. The van der Waals surface area contributed by atoms with Crippen LogP contribution in [-0.2, 0) is 14.2 Å². The van der Waals surface area contributed by atoms with Gasteiger partial charge in [0.15, 0.2) is 34.5 Å². The Morgan fingerprint density at radius 2 is 0.857 bits per heavy atom. The Kier molecular flexibility index (Phi) is 10.4. The fraction of sp³-hybridized carbons (Fsp3) is 0.300. The molecule has 0 aromatic heterocycles. The van der Waals surface area contributed by atoms with Crippen LogP contribution < -0.4 is 14.2 Å². The molecule has 0 aliphatic carbocycles. The molecule has 0 radical (unpaired) electrons. The van der Waals surface area contributed by atoms with Crippen LogP contribution in [0.25, 0.3) is 0 Å². The lowest BCUT2D eigenvalue weighted by Gasteiger charge is -2.31. The van der Waals surface area contributed by atoms with E-state index in [1.54, 1.807) is 6.92 Å². The second-order valence-electron chi connectivity index (χ2n) is 9.24. The summed E-state index contributed by atoms with van der Waals surface area (Å²) in [4.78, 5) is 38.6. The lowest BCUT2D eigenvalue weighted by atomic mass is 9.88. The average molecular weight is 585 g/mol. The van der Waals surface area contributed by atoms with Gasteiger partial charge in [-0.05, 0) is 61.0 Å². The molecule has 0 atom stereocenters. The van der Waals surface area contributed by atoms with Gasteiger partial charge in [0.05, 0.1) is 43.4 Å². The Morgan fingerprint density at radius 1 is 0.571 bits per heavy atom. The van der Waals surface area contributed by atoms with Crippen LogP contribution in [0, 0.1) is 5.41 Å². The summed E-state index contributed by atoms with van der Waals surface area (Å²) in [5, 5.41) is 29.5. The van der Waals surface area contributed by atoms with Crippen molar-refractivity contribution in [3.8, 4) is 34.5 Å². The maximum atomic E-state index is 12.9. The topological polar surface area (TPSA) is 167 Å². The molecule has 3 N–H and O–H groups in total. The zero-order chi connectivity index (χ0) is 30.9. The fourth-order valence-electron chi connectivity index (χ4n) is 3.75. The average Bonchev–Trinajstić information content (AvgIpc) is 3.01. The molecule has 0 heterocycles. The number of aromatic hydroxyl groups is 3. The summed E-state index contributed by atoms with van der Waals surface area (Å²) < 4.78 is 31.7. The van der Waals surface area contributed by atoms with Crippen molar-refractivity contribution >= 4 is 17.9 Å². The van der Waals surface area contributed by atoms with Gasteiger partial charge in [-0.2, -0.15) is 0 Å². The maximum Gasteiger partial charge on any atom is 0.338 e. The molecule has 42 heavy (non-hydrogen) atoms. The molecule has 12 nitrogen and oxygen atoms in total. The quantitative estimate of drug-likeness (QED) is 0.195. The van der Waals surface area contributed by atoms with E-state index < -0.39 is 23.3 Å². The van der Waals surface area contributed by atoms with E-state index in [1.165, 1.54) is 75.9 Å². The number of ether oxygens (including phenoxy) is 6. The minimum Gasteiger partial charge on any atom is -0.504 e. The Morgan fingerprint density at radius 3 is 1.10 bits per heavy atom. The number of carbonyl (C=O) groups is 3. The lowest BCUT2D eigenvalue weighted by Crippen LogP contribution is -2.39. The molecular weight excluding hydrogens is 552 g/mol. The van der Waals surface area contributed by atoms with Crippen molar-refractivity contribution in [2.45, 2.75) is 13.3 Å². The van der Waals surface area contributed by atoms with E-state index in [9.17, 15) is 29.7 Å². The van der Waals surface area contributed by atoms with Gasteiger partial charge in [0.25, 0.3) is 0 Å². The van der Waals surface area contributed by atoms with Crippen molar-refractivity contribution in [3.05, 3.63) is 71.3 Å². The Bertz CT molecular complexity index is 1260. The van der Waals surface area contributed by atoms with Crippen LogP contribution >= 0.6 is 0 Å². The first kappa shape index (κ1) is 31.4. The number of phenols is 3. The van der Waals surface area contributed by atoms with Gasteiger partial charge in [-0.15, -0.1) is 0 Å². The zero-order valence-electron chi connectivity index (χ0n) is 23.5. The zero-order valence-corrected chi connectivity index (χ0v) is 23.5. The third-order valence-corrected chi connectivity index (χ3v) is 6.52. The van der Waals surface area contributed by atoms with E-state index in [4.69, 9.17) is 28.4 Å². The summed E-state index contributed by atoms with van der Waals surface area (Å²) in [6, 6.07) is 11.8. The second kappa shape index (κ2) is 14.0. The normalized spacial score (nSPS) is 10.9. The number of methoxy groups -OCH3 is 3. The van der Waals surface area contributed by atoms with Gasteiger partial charge < -0.3 is 43.7 Å². The van der Waals surface area contributed by atoms with Crippen molar-refractivity contribution in [1.29, 1.82) is 0 Å². The Balaban J connectivity index is 1.81. The van der Waals surface area contributed by atoms with Crippen LogP contribution in [-0.4, -0.2) is 74.4 Å². The summed E-state index contributed by atoms with van der Waals surface area (Å²) in [5.41, 5.74) is -0.896. The maximum absolute atomic E-state index is 12.9. The van der Waals surface area contributed by atoms with Crippen LogP contribution in [0.2, 0.25) is 0 Å². The van der Waals surface area contributed by atoms with Gasteiger partial charge in [-0.25, -0.2) is 14.4 Å². The van der Waals surface area contributed by atoms with Crippen molar-refractivity contribution in [2.24, 2.45) is 5.41 Å². The first-order chi connectivity index (χ1) is 20.1. The van der Waals surface area contributed by atoms with Gasteiger partial charge in [0.1, 0.15) is 19.8 Å². The van der Waals surface area contributed by atoms with Gasteiger partial charge >= 0.3 is 17.9 Å². The third-order valence-electron chi connectivity index (χ3n) is 6.52. The number of carbonyl (C=O) groups excluding carboxylic acids is 3. The highest BCUT2D eigenvalue weighted by Gasteiger charge is 2.35. The minimum atomic E-state index is -1.18. The van der Waals surface area contributed by atoms with Crippen LogP contribution in [0.15, 0.2) is 54.6 Å². The van der Waals surface area contributed by atoms with Crippen LogP contribution in [0.4, 0.5) is 0 Å². The Hall–Kier alpha value is -5.13. The molecule has 0 saturated heterocycles. The molecule has 224 valence electrons. The molecule has 0 fully saturated rings. The number of hydrogen-bond donors (Lipinski definition) is 3. The number of rotatable bonds is 13. The van der Waals surface area contributed by atoms with Crippen LogP contribution in [0.3, 0.4) is 0 Å².